The van der Waals surface area contributed by atoms with Crippen LogP contribution in [-0.4, -0.2) is 42.7 Å². The van der Waals surface area contributed by atoms with Crippen LogP contribution < -0.4 is 0 Å². The Morgan fingerprint density at radius 1 is 1.23 bits per heavy atom. The Morgan fingerprint density at radius 3 is 2.55 bits per heavy atom. The number of halogens is 2. The van der Waals surface area contributed by atoms with E-state index < -0.39 is 0 Å². The Bertz CT molecular complexity index is 666. The number of hydrazone groups is 1. The number of amides is 1. The van der Waals surface area contributed by atoms with Crippen LogP contribution in [0.15, 0.2) is 29.0 Å². The van der Waals surface area contributed by atoms with Crippen LogP contribution in [0.3, 0.4) is 0 Å². The van der Waals surface area contributed by atoms with Crippen LogP contribution in [0.2, 0.25) is 10.0 Å². The number of rotatable bonds is 4. The molecule has 1 amide bonds. The Hall–Kier alpha value is -1.52. The number of benzene rings is 1. The lowest BCUT2D eigenvalue weighted by Crippen LogP contribution is -2.19. The van der Waals surface area contributed by atoms with Gasteiger partial charge in [0.25, 0.3) is 5.91 Å². The minimum absolute atomic E-state index is 0.0814. The van der Waals surface area contributed by atoms with E-state index in [-0.39, 0.29) is 5.91 Å². The van der Waals surface area contributed by atoms with Gasteiger partial charge in [-0.25, -0.2) is 5.01 Å². The molecular weight excluding hydrogens is 321 g/mol. The third-order valence-electron chi connectivity index (χ3n) is 3.45. The third kappa shape index (κ3) is 3.62. The minimum Gasteiger partial charge on any atom is -0.383 e. The van der Waals surface area contributed by atoms with Crippen molar-refractivity contribution in [3.05, 3.63) is 45.1 Å². The lowest BCUT2D eigenvalue weighted by molar-refractivity contribution is -0.124. The molecule has 2 rings (SSSR count). The van der Waals surface area contributed by atoms with Gasteiger partial charge in [-0.2, -0.15) is 5.10 Å². The molecule has 4 nitrogen and oxygen atoms in total. The molecule has 0 unspecified atom stereocenters. The second-order valence-electron chi connectivity index (χ2n) is 5.57. The number of carbonyl (C=O) groups is 1. The van der Waals surface area contributed by atoms with Crippen LogP contribution >= 0.6 is 23.2 Å². The van der Waals surface area contributed by atoms with Gasteiger partial charge in [-0.3, -0.25) is 4.79 Å². The second kappa shape index (κ2) is 6.71. The first kappa shape index (κ1) is 16.8. The highest BCUT2D eigenvalue weighted by Gasteiger charge is 2.27. The van der Waals surface area contributed by atoms with E-state index in [0.29, 0.717) is 28.5 Å². The molecule has 1 aliphatic rings. The molecule has 1 heterocycles. The molecular formula is C16H19Cl2N3O. The van der Waals surface area contributed by atoms with E-state index in [1.807, 2.05) is 32.0 Å². The number of aryl methyl sites for hydroxylation is 2. The van der Waals surface area contributed by atoms with Gasteiger partial charge in [0.15, 0.2) is 0 Å². The maximum atomic E-state index is 12.1. The summed E-state index contributed by atoms with van der Waals surface area (Å²) in [5.74, 6) is -0.0814. The maximum absolute atomic E-state index is 12.1. The van der Waals surface area contributed by atoms with Crippen molar-refractivity contribution < 1.29 is 4.79 Å². The number of carbonyl (C=O) groups excluding carboxylic acids is 1. The fourth-order valence-corrected chi connectivity index (χ4v) is 2.79. The van der Waals surface area contributed by atoms with Crippen molar-refractivity contribution in [3.8, 4) is 0 Å². The molecule has 0 N–H and O–H groups in total. The molecule has 0 aliphatic carbocycles. The zero-order chi connectivity index (χ0) is 16.4. The topological polar surface area (TPSA) is 35.9 Å². The fraction of sp³-hybridized carbons (Fsp3) is 0.375. The number of hydrogen-bond donors (Lipinski definition) is 0. The number of likely N-dealkylation sites (N-methyl/N-ethyl adjacent to an activating group) is 1. The molecule has 0 radical (unpaired) electrons. The van der Waals surface area contributed by atoms with Crippen molar-refractivity contribution in [2.45, 2.75) is 19.8 Å². The molecule has 0 saturated heterocycles. The Morgan fingerprint density at radius 2 is 1.91 bits per heavy atom. The van der Waals surface area contributed by atoms with Gasteiger partial charge in [0, 0.05) is 37.4 Å². The highest BCUT2D eigenvalue weighted by atomic mass is 35.5. The van der Waals surface area contributed by atoms with E-state index >= 15 is 0 Å². The van der Waals surface area contributed by atoms with Gasteiger partial charge in [-0.1, -0.05) is 29.3 Å². The van der Waals surface area contributed by atoms with Crippen molar-refractivity contribution in [1.29, 1.82) is 0 Å². The normalized spacial score (nSPS) is 16.5. The molecule has 118 valence electrons. The van der Waals surface area contributed by atoms with E-state index in [1.165, 1.54) is 5.01 Å². The predicted molar refractivity (Wildman–Crippen MR) is 91.5 cm³/mol. The second-order valence-corrected chi connectivity index (χ2v) is 6.39. The van der Waals surface area contributed by atoms with Gasteiger partial charge in [0.05, 0.1) is 11.3 Å². The molecule has 0 fully saturated rings. The highest BCUT2D eigenvalue weighted by Crippen LogP contribution is 2.27. The third-order valence-corrected chi connectivity index (χ3v) is 4.21. The van der Waals surface area contributed by atoms with Crippen molar-refractivity contribution in [1.82, 2.24) is 9.91 Å². The summed E-state index contributed by atoms with van der Waals surface area (Å²) in [4.78, 5) is 13.9. The van der Waals surface area contributed by atoms with E-state index in [0.717, 1.165) is 16.8 Å². The summed E-state index contributed by atoms with van der Waals surface area (Å²) < 4.78 is 0. The summed E-state index contributed by atoms with van der Waals surface area (Å²) in [5.41, 5.74) is 3.42. The van der Waals surface area contributed by atoms with Gasteiger partial charge < -0.3 is 4.90 Å². The van der Waals surface area contributed by atoms with Crippen LogP contribution in [0.4, 0.5) is 0 Å². The molecule has 0 spiro atoms. The Balaban J connectivity index is 2.19. The zero-order valence-electron chi connectivity index (χ0n) is 13.2. The fourth-order valence-electron chi connectivity index (χ4n) is 2.31. The average Bonchev–Trinajstić information content (AvgIpc) is 2.69. The first-order valence-corrected chi connectivity index (χ1v) is 7.74. The molecule has 1 aliphatic heterocycles. The molecule has 1 aromatic carbocycles. The minimum atomic E-state index is -0.0814. The summed E-state index contributed by atoms with van der Waals surface area (Å²) in [6.45, 7) is 1.95. The van der Waals surface area contributed by atoms with E-state index in [2.05, 4.69) is 5.10 Å². The van der Waals surface area contributed by atoms with Gasteiger partial charge in [-0.15, -0.1) is 0 Å². The Labute approximate surface area is 141 Å². The highest BCUT2D eigenvalue weighted by molar-refractivity contribution is 6.35. The van der Waals surface area contributed by atoms with E-state index in [1.54, 1.807) is 19.3 Å². The van der Waals surface area contributed by atoms with Gasteiger partial charge in [-0.05, 0) is 37.0 Å². The van der Waals surface area contributed by atoms with E-state index in [9.17, 15) is 4.79 Å². The van der Waals surface area contributed by atoms with Crippen molar-refractivity contribution in [3.63, 3.8) is 0 Å². The smallest absolute Gasteiger partial charge is 0.277 e. The largest absolute Gasteiger partial charge is 0.383 e. The molecule has 0 bridgehead atoms. The van der Waals surface area contributed by atoms with Crippen molar-refractivity contribution in [2.24, 2.45) is 5.10 Å². The van der Waals surface area contributed by atoms with Crippen LogP contribution in [0, 0.1) is 6.92 Å². The molecule has 0 atom stereocenters. The summed E-state index contributed by atoms with van der Waals surface area (Å²) >= 11 is 12.3. The molecule has 6 heteroatoms. The van der Waals surface area contributed by atoms with Crippen LogP contribution in [0.1, 0.15) is 17.5 Å². The van der Waals surface area contributed by atoms with Gasteiger partial charge in [0.2, 0.25) is 0 Å². The summed E-state index contributed by atoms with van der Waals surface area (Å²) in [6.07, 6.45) is 3.16. The zero-order valence-corrected chi connectivity index (χ0v) is 14.7. The van der Waals surface area contributed by atoms with Crippen LogP contribution in [0.5, 0.6) is 0 Å². The first-order chi connectivity index (χ1) is 10.3. The SMILES string of the molecule is Cc1cc(CCC2=NN(C)C(=O)/C2=C\N(C)C)c(Cl)cc1Cl. The summed E-state index contributed by atoms with van der Waals surface area (Å²) in [7, 11) is 5.43. The number of hydrogen-bond acceptors (Lipinski definition) is 3. The predicted octanol–water partition coefficient (Wildman–Crippen LogP) is 3.51. The standard InChI is InChI=1S/C16H19Cl2N3O/c1-10-7-11(14(18)8-13(10)17)5-6-15-12(9-20(2)3)16(22)21(4)19-15/h7-9H,5-6H2,1-4H3/b12-9-. The van der Waals surface area contributed by atoms with Gasteiger partial charge in [0.1, 0.15) is 0 Å². The molecule has 0 saturated carbocycles. The van der Waals surface area contributed by atoms with Crippen molar-refractivity contribution >= 4 is 34.8 Å². The molecule has 1 aromatic rings. The average molecular weight is 340 g/mol. The Kier molecular flexibility index (Phi) is 5.14. The van der Waals surface area contributed by atoms with Crippen molar-refractivity contribution in [2.75, 3.05) is 21.1 Å². The van der Waals surface area contributed by atoms with E-state index in [4.69, 9.17) is 23.2 Å². The molecule has 0 aromatic heterocycles. The lowest BCUT2D eigenvalue weighted by atomic mass is 10.0. The quantitative estimate of drug-likeness (QED) is 0.787. The summed E-state index contributed by atoms with van der Waals surface area (Å²) in [6, 6.07) is 3.75. The van der Waals surface area contributed by atoms with Gasteiger partial charge >= 0.3 is 0 Å². The summed E-state index contributed by atoms with van der Waals surface area (Å²) in [5, 5.41) is 7.01. The maximum Gasteiger partial charge on any atom is 0.277 e. The number of nitrogens with zero attached hydrogens (tertiary/aromatic N) is 3. The lowest BCUT2D eigenvalue weighted by Gasteiger charge is -2.09. The van der Waals surface area contributed by atoms with Crippen LogP contribution in [-0.2, 0) is 11.2 Å². The monoisotopic (exact) mass is 339 g/mol. The molecule has 22 heavy (non-hydrogen) atoms. The van der Waals surface area contributed by atoms with Crippen LogP contribution in [0.25, 0.3) is 0 Å². The first-order valence-electron chi connectivity index (χ1n) is 6.98.